The van der Waals surface area contributed by atoms with Crippen LogP contribution in [0, 0.1) is 18.8 Å². The lowest BCUT2D eigenvalue weighted by Crippen LogP contribution is -2.52. The highest BCUT2D eigenvalue weighted by atomic mass is 35.5. The molecule has 0 saturated carbocycles. The summed E-state index contributed by atoms with van der Waals surface area (Å²) in [7, 11) is 0. The first kappa shape index (κ1) is 25.1. The lowest BCUT2D eigenvalue weighted by molar-refractivity contribution is -0.154. The third-order valence-corrected chi connectivity index (χ3v) is 9.98. The Hall–Kier alpha value is -2.55. The van der Waals surface area contributed by atoms with Gasteiger partial charge in [-0.2, -0.15) is 0 Å². The highest BCUT2D eigenvalue weighted by Crippen LogP contribution is 2.67. The number of carbonyl (C=O) groups excluding carboxylic acids is 3. The van der Waals surface area contributed by atoms with Crippen LogP contribution in [0.25, 0.3) is 0 Å². The molecule has 2 amide bonds. The van der Waals surface area contributed by atoms with Crippen molar-refractivity contribution in [2.24, 2.45) is 11.8 Å². The van der Waals surface area contributed by atoms with Gasteiger partial charge in [0.2, 0.25) is 11.8 Å². The molecule has 36 heavy (non-hydrogen) atoms. The maximum absolute atomic E-state index is 14.2. The highest BCUT2D eigenvalue weighted by Gasteiger charge is 2.74. The molecule has 2 N–H and O–H groups in total. The van der Waals surface area contributed by atoms with Crippen molar-refractivity contribution < 1.29 is 24.2 Å². The summed E-state index contributed by atoms with van der Waals surface area (Å²) in [5, 5.41) is 13.8. The van der Waals surface area contributed by atoms with Crippen molar-refractivity contribution in [3.05, 3.63) is 64.7 Å². The Morgan fingerprint density at radius 1 is 1.25 bits per heavy atom. The van der Waals surface area contributed by atoms with E-state index < -0.39 is 34.6 Å². The standard InChI is InChI=1S/C27H29ClN2O5S/c1-3-35-26(34)20-19-12-13-27(36-19)21(20)25(33)30(18(14-31)16-9-5-4-6-10-16)23(27)24(32)29-22-15(2)8-7-11-17(22)28/h4-11,18-21,23,31H,3,12-14H2,1-2H3,(H,29,32)/t18-,19+,20-,21+,23?,27?/m1/s1. The zero-order chi connectivity index (χ0) is 25.6. The van der Waals surface area contributed by atoms with Gasteiger partial charge in [0.15, 0.2) is 0 Å². The first-order valence-electron chi connectivity index (χ1n) is 12.2. The number of anilines is 1. The number of aryl methyl sites for hydroxylation is 1. The molecule has 0 aliphatic carbocycles. The van der Waals surface area contributed by atoms with Crippen LogP contribution < -0.4 is 5.32 Å². The van der Waals surface area contributed by atoms with Gasteiger partial charge in [-0.15, -0.1) is 11.8 Å². The van der Waals surface area contributed by atoms with Gasteiger partial charge in [-0.3, -0.25) is 14.4 Å². The summed E-state index contributed by atoms with van der Waals surface area (Å²) in [6, 6.07) is 12.9. The molecule has 9 heteroatoms. The lowest BCUT2D eigenvalue weighted by atomic mass is 9.71. The number of aliphatic hydroxyl groups excluding tert-OH is 1. The molecule has 3 fully saturated rings. The number of amides is 2. The average Bonchev–Trinajstić information content (AvgIpc) is 3.51. The van der Waals surface area contributed by atoms with E-state index in [0.29, 0.717) is 17.1 Å². The second kappa shape index (κ2) is 9.72. The van der Waals surface area contributed by atoms with Crippen LogP contribution in [0.3, 0.4) is 0 Å². The third kappa shape index (κ3) is 3.81. The number of nitrogens with zero attached hydrogens (tertiary/aromatic N) is 1. The Bertz CT molecular complexity index is 1170. The van der Waals surface area contributed by atoms with Crippen LogP contribution in [0.15, 0.2) is 48.5 Å². The van der Waals surface area contributed by atoms with Crippen molar-refractivity contribution in [1.29, 1.82) is 0 Å². The summed E-state index contributed by atoms with van der Waals surface area (Å²) < 4.78 is 4.58. The molecule has 5 rings (SSSR count). The van der Waals surface area contributed by atoms with E-state index in [1.54, 1.807) is 24.8 Å². The number of para-hydroxylation sites is 1. The predicted octanol–water partition coefficient (Wildman–Crippen LogP) is 3.97. The van der Waals surface area contributed by atoms with Gasteiger partial charge in [0.05, 0.1) is 46.5 Å². The van der Waals surface area contributed by atoms with E-state index in [0.717, 1.165) is 17.5 Å². The summed E-state index contributed by atoms with van der Waals surface area (Å²) in [4.78, 5) is 42.8. The largest absolute Gasteiger partial charge is 0.466 e. The molecule has 6 atom stereocenters. The fourth-order valence-corrected chi connectivity index (χ4v) is 8.71. The van der Waals surface area contributed by atoms with Gasteiger partial charge >= 0.3 is 5.97 Å². The molecule has 3 heterocycles. The van der Waals surface area contributed by atoms with E-state index in [9.17, 15) is 19.5 Å². The van der Waals surface area contributed by atoms with Crippen molar-refractivity contribution >= 4 is 46.8 Å². The van der Waals surface area contributed by atoms with E-state index in [1.165, 1.54) is 4.90 Å². The number of hydrogen-bond acceptors (Lipinski definition) is 6. The van der Waals surface area contributed by atoms with Gasteiger partial charge < -0.3 is 20.1 Å². The maximum Gasteiger partial charge on any atom is 0.310 e. The van der Waals surface area contributed by atoms with Crippen LogP contribution in [0.4, 0.5) is 5.69 Å². The Kier molecular flexibility index (Phi) is 6.78. The third-order valence-electron chi connectivity index (χ3n) is 7.71. The summed E-state index contributed by atoms with van der Waals surface area (Å²) in [6.45, 7) is 3.47. The number of thioether (sulfide) groups is 1. The van der Waals surface area contributed by atoms with Crippen molar-refractivity contribution in [1.82, 2.24) is 4.90 Å². The Morgan fingerprint density at radius 3 is 2.67 bits per heavy atom. The Labute approximate surface area is 219 Å². The first-order valence-corrected chi connectivity index (χ1v) is 13.5. The van der Waals surface area contributed by atoms with Crippen LogP contribution in [0.2, 0.25) is 5.02 Å². The number of nitrogens with one attached hydrogen (secondary N) is 1. The number of fused-ring (bicyclic) bond motifs is 1. The van der Waals surface area contributed by atoms with Crippen LogP contribution in [0.1, 0.15) is 36.9 Å². The van der Waals surface area contributed by atoms with E-state index in [2.05, 4.69) is 5.32 Å². The topological polar surface area (TPSA) is 95.9 Å². The number of likely N-dealkylation sites (tertiary alicyclic amines) is 1. The molecule has 2 aromatic rings. The molecule has 3 aliphatic heterocycles. The molecule has 2 bridgehead atoms. The number of rotatable bonds is 7. The second-order valence-electron chi connectivity index (χ2n) is 9.58. The van der Waals surface area contributed by atoms with Gasteiger partial charge in [0.25, 0.3) is 0 Å². The number of carbonyl (C=O) groups is 3. The number of ether oxygens (including phenoxy) is 1. The molecule has 190 valence electrons. The minimum atomic E-state index is -0.891. The van der Waals surface area contributed by atoms with Crippen molar-refractivity contribution in [2.75, 3.05) is 18.5 Å². The lowest BCUT2D eigenvalue weighted by Gasteiger charge is -2.37. The monoisotopic (exact) mass is 528 g/mol. The smallest absolute Gasteiger partial charge is 0.310 e. The van der Waals surface area contributed by atoms with E-state index in [4.69, 9.17) is 16.3 Å². The Morgan fingerprint density at radius 2 is 2.00 bits per heavy atom. The van der Waals surface area contributed by atoms with E-state index >= 15 is 0 Å². The summed E-state index contributed by atoms with van der Waals surface area (Å²) >= 11 is 7.98. The normalized spacial score (nSPS) is 29.2. The SMILES string of the molecule is CCOC(=O)[C@@H]1[C@@H]2CCC3(S2)C(C(=O)Nc2c(C)cccc2Cl)N([C@H](CO)c2ccccc2)C(=O)[C@H]13. The highest BCUT2D eigenvalue weighted by molar-refractivity contribution is 8.02. The second-order valence-corrected chi connectivity index (χ2v) is 11.6. The first-order chi connectivity index (χ1) is 17.3. The number of aliphatic hydroxyl groups is 1. The van der Waals surface area contributed by atoms with Crippen molar-refractivity contribution in [3.63, 3.8) is 0 Å². The molecule has 0 radical (unpaired) electrons. The molecule has 7 nitrogen and oxygen atoms in total. The molecule has 0 aromatic heterocycles. The van der Waals surface area contributed by atoms with Gasteiger partial charge in [0, 0.05) is 5.25 Å². The zero-order valence-corrected chi connectivity index (χ0v) is 21.7. The number of hydrogen-bond donors (Lipinski definition) is 2. The van der Waals surface area contributed by atoms with Crippen molar-refractivity contribution in [3.8, 4) is 0 Å². The van der Waals surface area contributed by atoms with Crippen LogP contribution in [0.5, 0.6) is 0 Å². The molecule has 1 spiro atoms. The summed E-state index contributed by atoms with van der Waals surface area (Å²) in [6.07, 6.45) is 1.34. The summed E-state index contributed by atoms with van der Waals surface area (Å²) in [5.74, 6) is -2.36. The van der Waals surface area contributed by atoms with Gasteiger partial charge in [-0.25, -0.2) is 0 Å². The number of halogens is 1. The Balaban J connectivity index is 1.60. The average molecular weight is 529 g/mol. The minimum Gasteiger partial charge on any atom is -0.466 e. The predicted molar refractivity (Wildman–Crippen MR) is 139 cm³/mol. The maximum atomic E-state index is 14.2. The van der Waals surface area contributed by atoms with Crippen LogP contribution >= 0.6 is 23.4 Å². The van der Waals surface area contributed by atoms with Crippen molar-refractivity contribution in [2.45, 2.75) is 48.8 Å². The quantitative estimate of drug-likeness (QED) is 0.528. The minimum absolute atomic E-state index is 0.0817. The fraction of sp³-hybridized carbons (Fsp3) is 0.444. The van der Waals surface area contributed by atoms with Crippen LogP contribution in [-0.4, -0.2) is 57.0 Å². The molecule has 2 aromatic carbocycles. The molecule has 2 unspecified atom stereocenters. The molecule has 3 aliphatic rings. The van der Waals surface area contributed by atoms with Gasteiger partial charge in [-0.05, 0) is 43.9 Å². The summed E-state index contributed by atoms with van der Waals surface area (Å²) in [5.41, 5.74) is 2.02. The zero-order valence-electron chi connectivity index (χ0n) is 20.1. The molecular formula is C27H29ClN2O5S. The van der Waals surface area contributed by atoms with Gasteiger partial charge in [0.1, 0.15) is 6.04 Å². The molecule has 3 saturated heterocycles. The van der Waals surface area contributed by atoms with Crippen LogP contribution in [-0.2, 0) is 19.1 Å². The van der Waals surface area contributed by atoms with Gasteiger partial charge in [-0.1, -0.05) is 54.1 Å². The molecular weight excluding hydrogens is 500 g/mol. The van der Waals surface area contributed by atoms with E-state index in [-0.39, 0.29) is 30.3 Å². The number of benzene rings is 2. The fourth-order valence-electron chi connectivity index (χ4n) is 6.24. The number of esters is 1. The van der Waals surface area contributed by atoms with E-state index in [1.807, 2.05) is 49.4 Å².